The van der Waals surface area contributed by atoms with Crippen LogP contribution in [0.5, 0.6) is 0 Å². The van der Waals surface area contributed by atoms with Gasteiger partial charge < -0.3 is 115 Å². The molecule has 5 aliphatic rings. The van der Waals surface area contributed by atoms with Crippen molar-refractivity contribution in [2.45, 2.75) is 226 Å². The first-order valence-corrected chi connectivity index (χ1v) is 60.7. The molecule has 10 rings (SSSR count). The summed E-state index contributed by atoms with van der Waals surface area (Å²) < 4.78 is 116. The van der Waals surface area contributed by atoms with Crippen molar-refractivity contribution >= 4 is 108 Å². The summed E-state index contributed by atoms with van der Waals surface area (Å²) >= 11 is 5.16. The van der Waals surface area contributed by atoms with E-state index >= 15 is 0 Å². The van der Waals surface area contributed by atoms with Crippen LogP contribution in [-0.4, -0.2) is 421 Å². The fourth-order valence-electron chi connectivity index (χ4n) is 15.0. The maximum Gasteiger partial charge on any atom is 0.471 e. The van der Waals surface area contributed by atoms with E-state index in [4.69, 9.17) is 50.9 Å². The second kappa shape index (κ2) is 51.8. The maximum atomic E-state index is 13.2. The summed E-state index contributed by atoms with van der Waals surface area (Å²) in [5.41, 5.74) is -8.39. The quantitative estimate of drug-likeness (QED) is 0.00851. The highest BCUT2D eigenvalue weighted by atomic mass is 32.1. The number of halogens is 6. The summed E-state index contributed by atoms with van der Waals surface area (Å²) in [6.45, 7) is 14.6. The Morgan fingerprint density at radius 1 is 0.400 bits per heavy atom. The summed E-state index contributed by atoms with van der Waals surface area (Å²) in [5.74, 6) is -7.84. The van der Waals surface area contributed by atoms with E-state index in [-0.39, 0.29) is 64.0 Å². The molecule has 5 saturated heterocycles. The number of aromatic nitrogens is 10. The molecule has 0 unspecified atom stereocenters. The molecule has 47 nitrogen and oxygen atoms in total. The Kier molecular flexibility index (Phi) is 44.8. The lowest BCUT2D eigenvalue weighted by Gasteiger charge is -2.26. The summed E-state index contributed by atoms with van der Waals surface area (Å²) in [6.07, 6.45) is -0.691. The van der Waals surface area contributed by atoms with Gasteiger partial charge in [-0.15, -0.1) is 65.9 Å². The van der Waals surface area contributed by atoms with Gasteiger partial charge in [0.05, 0.1) is 67.8 Å². The molecule has 5 aromatic rings. The normalized spacial score (nSPS) is 25.0. The summed E-state index contributed by atoms with van der Waals surface area (Å²) in [6, 6.07) is 0. The molecule has 20 atom stereocenters. The zero-order valence-corrected chi connectivity index (χ0v) is 88.1. The van der Waals surface area contributed by atoms with Gasteiger partial charge >= 0.3 is 64.8 Å². The zero-order chi connectivity index (χ0) is 110. The smallest absolute Gasteiger partial charge is 0.471 e. The van der Waals surface area contributed by atoms with Gasteiger partial charge in [-0.3, -0.25) is 95.7 Å². The number of carboxylic acids is 2. The number of H-pyrrole nitrogens is 5. The lowest BCUT2D eigenvalue weighted by molar-refractivity contribution is -0.188. The number of alkyl halides is 6. The molecule has 0 spiro atoms. The van der Waals surface area contributed by atoms with Crippen LogP contribution in [-0.2, 0) is 85.1 Å². The van der Waals surface area contributed by atoms with Crippen molar-refractivity contribution in [2.24, 2.45) is 0 Å². The number of nitrogens with zero attached hydrogens (tertiary/aromatic N) is 7. The Morgan fingerprint density at radius 3 is 0.897 bits per heavy atom. The number of hydrogen-bond donors (Lipinski definition) is 20. The molecule has 0 aromatic carbocycles. The first-order valence-electron chi connectivity index (χ1n) is 45.0. The zero-order valence-electron chi connectivity index (χ0n) is 82.8. The fourth-order valence-corrected chi connectivity index (χ4v) is 20.0. The number of nitrogens with one attached hydrogen (secondary N) is 8. The Hall–Kier alpha value is -8.47. The molecule has 5 fully saturated rings. The maximum absolute atomic E-state index is 13.2. The van der Waals surface area contributed by atoms with Crippen LogP contribution in [0.2, 0.25) is 0 Å². The van der Waals surface area contributed by atoms with Gasteiger partial charge in [-0.1, -0.05) is 0 Å². The van der Waals surface area contributed by atoms with Crippen LogP contribution in [0.4, 0.5) is 26.3 Å². The fraction of sp³-hybridized carbons (Fsp3) is 0.651. The topological polar surface area (TPSA) is 683 Å². The number of carbonyl (C=O) groups excluding carboxylic acids is 3. The molecule has 5 aromatic heterocycles. The highest BCUT2D eigenvalue weighted by Crippen LogP contribution is 2.45. The predicted octanol–water partition coefficient (Wildman–Crippen LogP) is -2.53. The molecule has 2 amide bonds. The van der Waals surface area contributed by atoms with E-state index in [0.29, 0.717) is 50.0 Å². The monoisotopic (exact) mass is 2190 g/mol. The Bertz CT molecular complexity index is 6130. The summed E-state index contributed by atoms with van der Waals surface area (Å²) in [5, 5.41) is 129. The van der Waals surface area contributed by atoms with E-state index in [1.165, 1.54) is 43.9 Å². The van der Waals surface area contributed by atoms with E-state index in [1.807, 2.05) is 50.0 Å². The standard InChI is InChI=1S/C22H33F3N3O8P.C17H25F3N3O6P.C16H26N3O7P.C16H26N3O6PS.C15H26N3O5P/c1-21(2,3)36-14(29)11-27(19(33)22(23,24)25)9-12-10-28(20(34)26-17(12)32)18-16(31)15(30)13(35-18)7-8-37(4,5)6;1-22(15(27)17(18,19)20)7-9-8-23(16(28)21-13(9)26)14-12(25)11(24)10(29-14)5-6-30(2,3)4;1-27(2,3)5-4-10-12(22)13(23)15(26-10)19-8-9(6-17-7-11(20)21)14(24)18-16(19)25;1-26(2,3)5-4-10-12(22)13(23)15(25-10)19-8-9(6-17-7-11(20)21)14(24)18-16(19)27;1-16-7-9-8-18(15(22)17-13(9)21)14-12(20)11(19)10(23-14)5-6-24(2,3)4/h10,13,15-16,18,30-31H,4,7-9,11H2,1-3,5-6H3,(H,26,32,34);8,10-12,14,24-25H,2,5-7H2,1,3-4H3,(H,21,26,28);8,10,12-13,15,17,22-23H,1,4-7H2,2-3H3,(H,20,21)(H,18,24,25);8,10,12-13,15,17,22-23H,1,4-7H2,2-3H3,(H,20,21)(H,18,24,27);8,10-12,14,16,19-20H,2,5-7H2,1,3-4H3,(H,17,21,22)/t13-,15-,16-,18-;10-,11-,12-,14-;2*10-,12-,13-,15-;10-,11-,12-,14-/m11111/s1. The molecular formula is C86H136F6N15O32P5S. The first-order chi connectivity index (χ1) is 66.4. The van der Waals surface area contributed by atoms with Crippen LogP contribution in [0.25, 0.3) is 0 Å². The average molecular weight is 2190 g/mol. The number of hydrogen-bond acceptors (Lipinski definition) is 34. The second-order valence-electron chi connectivity index (χ2n) is 40.0. The molecule has 0 saturated carbocycles. The molecule has 10 heterocycles. The van der Waals surface area contributed by atoms with Crippen LogP contribution in [0.3, 0.4) is 0 Å². The molecule has 20 N–H and O–H groups in total. The van der Waals surface area contributed by atoms with Gasteiger partial charge in [0.15, 0.2) is 35.9 Å². The van der Waals surface area contributed by atoms with Gasteiger partial charge in [-0.05, 0) is 170 Å². The third-order valence-corrected chi connectivity index (χ3v) is 30.2. The molecule has 0 aliphatic carbocycles. The molecule has 59 heteroatoms. The molecule has 0 radical (unpaired) electrons. The number of esters is 1. The first kappa shape index (κ1) is 125. The number of ether oxygens (including phenoxy) is 6. The van der Waals surface area contributed by atoms with Crippen LogP contribution in [0.15, 0.2) is 74.1 Å². The number of aliphatic carboxylic acids is 2. The lowest BCUT2D eigenvalue weighted by atomic mass is 10.1. The molecule has 820 valence electrons. The van der Waals surface area contributed by atoms with E-state index in [0.717, 1.165) is 56.2 Å². The van der Waals surface area contributed by atoms with Crippen molar-refractivity contribution in [3.8, 4) is 0 Å². The molecular weight excluding hydrogens is 2060 g/mol. The van der Waals surface area contributed by atoms with E-state index in [1.54, 1.807) is 7.05 Å². The van der Waals surface area contributed by atoms with Gasteiger partial charge in [-0.2, -0.15) is 26.3 Å². The Balaban J connectivity index is 0.000000279. The highest BCUT2D eigenvalue weighted by molar-refractivity contribution is 7.73. The Labute approximate surface area is 832 Å². The minimum absolute atomic E-state index is 0.00617. The predicted molar refractivity (Wildman–Crippen MR) is 539 cm³/mol. The average Bonchev–Trinajstić information content (AvgIpc) is 1.68. The van der Waals surface area contributed by atoms with Crippen LogP contribution < -0.4 is 66.5 Å². The van der Waals surface area contributed by atoms with Gasteiger partial charge in [0, 0.05) is 74.4 Å². The summed E-state index contributed by atoms with van der Waals surface area (Å²) in [7, 11) is 2.54. The number of aliphatic hydroxyl groups is 10. The second-order valence-corrected chi connectivity index (χ2v) is 62.0. The van der Waals surface area contributed by atoms with Crippen molar-refractivity contribution in [3.05, 3.63) is 157 Å². The minimum atomic E-state index is -5.37. The van der Waals surface area contributed by atoms with E-state index < -0.39 is 281 Å². The third kappa shape index (κ3) is 37.6. The minimum Gasteiger partial charge on any atom is -0.480 e. The number of amides is 2. The van der Waals surface area contributed by atoms with Gasteiger partial charge in [-0.25, -0.2) is 19.2 Å². The third-order valence-electron chi connectivity index (χ3n) is 22.5. The van der Waals surface area contributed by atoms with Crippen molar-refractivity contribution in [1.29, 1.82) is 0 Å². The van der Waals surface area contributed by atoms with Gasteiger partial charge in [0.25, 0.3) is 27.8 Å². The SMILES string of the molecule is C=P(C)(C)CC[C@H]1O[C@@H](n2cc(CN(C)C(=O)C(F)(F)F)c(=O)[nH]c2=O)[C@H](O)[C@@H]1O.C=P(C)(C)CC[C@H]1O[C@@H](n2cc(CN(CC(=O)OC(C)(C)C)C(=O)C(F)(F)F)c(=O)[nH]c2=O)[C@H](O)[C@@H]1O.C=P(C)(C)CC[C@H]1O[C@@H](n2cc(CNC)c(=O)[nH]c2=O)[C@H](O)[C@@H]1O.C=P(C)(C)CC[C@H]1O[C@@H](n2cc(CNCC(=O)O)c(=O)[nH]c2=O)[C@H](O)[C@@H]1O.C=P(C)(C)CC[C@H]1O[C@@H](n2cc(CNCC(=O)O)c(=O)[nH]c2=S)[C@H](O)[C@@H]1O. The number of carbonyl (C=O) groups is 5. The highest BCUT2D eigenvalue weighted by Gasteiger charge is 2.51. The largest absolute Gasteiger partial charge is 0.480 e. The van der Waals surface area contributed by atoms with Crippen LogP contribution in [0, 0.1) is 4.77 Å². The lowest BCUT2D eigenvalue weighted by Crippen LogP contribution is -2.46. The molecule has 5 aliphatic heterocycles. The summed E-state index contributed by atoms with van der Waals surface area (Å²) in [4.78, 5) is 177. The van der Waals surface area contributed by atoms with Crippen LogP contribution in [0.1, 0.15) is 112 Å². The van der Waals surface area contributed by atoms with E-state index in [9.17, 15) is 145 Å². The number of rotatable bonds is 36. The number of carboxylic acid groups (broad SMARTS) is 2. The van der Waals surface area contributed by atoms with Crippen LogP contribution >= 0.6 is 46.6 Å². The van der Waals surface area contributed by atoms with Crippen molar-refractivity contribution in [2.75, 3.05) is 131 Å². The van der Waals surface area contributed by atoms with Gasteiger partial charge in [0.1, 0.15) is 73.2 Å². The van der Waals surface area contributed by atoms with Crippen molar-refractivity contribution in [3.63, 3.8) is 0 Å². The molecule has 145 heavy (non-hydrogen) atoms. The van der Waals surface area contributed by atoms with Crippen molar-refractivity contribution < 1.29 is 140 Å². The number of aliphatic hydroxyl groups excluding tert-OH is 10. The van der Waals surface area contributed by atoms with Gasteiger partial charge in [0.2, 0.25) is 0 Å². The van der Waals surface area contributed by atoms with Crippen molar-refractivity contribution in [1.82, 2.24) is 73.5 Å². The number of aromatic amines is 5. The molecule has 0 bridgehead atoms. The van der Waals surface area contributed by atoms with E-state index in [2.05, 4.69) is 89.1 Å². The Morgan fingerprint density at radius 2 is 0.641 bits per heavy atom.